The van der Waals surface area contributed by atoms with Crippen LogP contribution in [0, 0.1) is 16.7 Å². The molecule has 1 unspecified atom stereocenters. The Hall–Kier alpha value is -1.61. The van der Waals surface area contributed by atoms with Gasteiger partial charge in [-0.25, -0.2) is 0 Å². The molecule has 1 atom stereocenters. The first-order chi connectivity index (χ1) is 9.58. The number of nitriles is 1. The Kier molecular flexibility index (Phi) is 5.35. The van der Waals surface area contributed by atoms with Crippen LogP contribution in [0.1, 0.15) is 47.0 Å². The monoisotopic (exact) mass is 294 g/mol. The molecule has 0 radical (unpaired) electrons. The molecule has 0 aromatic carbocycles. The second-order valence-electron chi connectivity index (χ2n) is 7.06. The largest absolute Gasteiger partial charge is 0.343 e. The van der Waals surface area contributed by atoms with E-state index in [9.17, 15) is 14.9 Å². The average molecular weight is 294 g/mol. The van der Waals surface area contributed by atoms with Crippen molar-refractivity contribution in [2.75, 3.05) is 13.1 Å². The third kappa shape index (κ3) is 5.01. The van der Waals surface area contributed by atoms with Gasteiger partial charge in [-0.05, 0) is 11.8 Å². The molecule has 21 heavy (non-hydrogen) atoms. The summed E-state index contributed by atoms with van der Waals surface area (Å²) in [7, 11) is 0. The minimum absolute atomic E-state index is 0.00250. The Balaban J connectivity index is 2.65. The predicted molar refractivity (Wildman–Crippen MR) is 80.0 cm³/mol. The average Bonchev–Trinajstić information content (AvgIpc) is 2.37. The lowest BCUT2D eigenvalue weighted by atomic mass is 9.86. The van der Waals surface area contributed by atoms with Gasteiger partial charge in [-0.15, -0.1) is 0 Å². The number of nitrogens with zero attached hydrogens (tertiary/aromatic N) is 2. The van der Waals surface area contributed by atoms with E-state index in [1.165, 1.54) is 6.92 Å². The molecule has 1 aliphatic rings. The van der Waals surface area contributed by atoms with Gasteiger partial charge >= 0.3 is 0 Å². The fraction of sp³-hybridized carbons (Fsp3) is 0.800. The van der Waals surface area contributed by atoms with E-state index in [-0.39, 0.29) is 17.2 Å². The maximum absolute atomic E-state index is 12.2. The molecule has 2 amide bonds. The third-order valence-corrected chi connectivity index (χ3v) is 3.81. The maximum Gasteiger partial charge on any atom is 0.238 e. The quantitative estimate of drug-likeness (QED) is 0.803. The van der Waals surface area contributed by atoms with Crippen molar-refractivity contribution < 1.29 is 9.59 Å². The van der Waals surface area contributed by atoms with Crippen molar-refractivity contribution in [1.82, 2.24) is 10.2 Å². The minimum atomic E-state index is -0.904. The zero-order chi connectivity index (χ0) is 16.3. The highest BCUT2D eigenvalue weighted by Crippen LogP contribution is 2.24. The number of nitrogens with two attached hydrogens (primary N) is 1. The van der Waals surface area contributed by atoms with Crippen molar-refractivity contribution in [3.05, 3.63) is 0 Å². The molecule has 6 heteroatoms. The number of amides is 2. The SMILES string of the molecule is CC(=O)N1CCC(C#N)(NC(=O)C(N)CC(C)(C)C)CC1. The molecular weight excluding hydrogens is 268 g/mol. The lowest BCUT2D eigenvalue weighted by Gasteiger charge is -2.38. The summed E-state index contributed by atoms with van der Waals surface area (Å²) in [5, 5.41) is 12.2. The molecule has 0 bridgehead atoms. The van der Waals surface area contributed by atoms with Gasteiger partial charge in [-0.2, -0.15) is 5.26 Å². The zero-order valence-corrected chi connectivity index (χ0v) is 13.4. The van der Waals surface area contributed by atoms with Gasteiger partial charge < -0.3 is 16.0 Å². The molecule has 6 nitrogen and oxygen atoms in total. The van der Waals surface area contributed by atoms with Crippen LogP contribution in [0.3, 0.4) is 0 Å². The minimum Gasteiger partial charge on any atom is -0.343 e. The fourth-order valence-corrected chi connectivity index (χ4v) is 2.55. The van der Waals surface area contributed by atoms with Crippen molar-refractivity contribution in [2.45, 2.75) is 58.5 Å². The number of hydrogen-bond acceptors (Lipinski definition) is 4. The fourth-order valence-electron chi connectivity index (χ4n) is 2.55. The van der Waals surface area contributed by atoms with Gasteiger partial charge in [0.25, 0.3) is 0 Å². The van der Waals surface area contributed by atoms with Crippen LogP contribution in [0.25, 0.3) is 0 Å². The summed E-state index contributed by atoms with van der Waals surface area (Å²) < 4.78 is 0. The molecule has 1 fully saturated rings. The van der Waals surface area contributed by atoms with Crippen molar-refractivity contribution in [2.24, 2.45) is 11.1 Å². The first-order valence-electron chi connectivity index (χ1n) is 7.33. The van der Waals surface area contributed by atoms with E-state index < -0.39 is 11.6 Å². The van der Waals surface area contributed by atoms with Crippen LogP contribution in [0.15, 0.2) is 0 Å². The summed E-state index contributed by atoms with van der Waals surface area (Å²) >= 11 is 0. The Bertz CT molecular complexity index is 440. The summed E-state index contributed by atoms with van der Waals surface area (Å²) in [5.41, 5.74) is 4.97. The third-order valence-electron chi connectivity index (χ3n) is 3.81. The number of rotatable bonds is 3. The van der Waals surface area contributed by atoms with E-state index in [2.05, 4.69) is 11.4 Å². The maximum atomic E-state index is 12.2. The molecule has 118 valence electrons. The molecule has 0 aromatic rings. The summed E-state index contributed by atoms with van der Waals surface area (Å²) in [6, 6.07) is 1.58. The first-order valence-corrected chi connectivity index (χ1v) is 7.33. The van der Waals surface area contributed by atoms with Gasteiger partial charge in [0, 0.05) is 32.9 Å². The molecule has 0 saturated carbocycles. The van der Waals surface area contributed by atoms with Crippen molar-refractivity contribution in [1.29, 1.82) is 5.26 Å². The van der Waals surface area contributed by atoms with Gasteiger partial charge in [0.15, 0.2) is 0 Å². The Labute approximate surface area is 126 Å². The van der Waals surface area contributed by atoms with E-state index in [1.807, 2.05) is 20.8 Å². The Morgan fingerprint density at radius 3 is 2.29 bits per heavy atom. The normalized spacial score (nSPS) is 19.5. The van der Waals surface area contributed by atoms with E-state index in [0.29, 0.717) is 32.4 Å². The number of carbonyl (C=O) groups is 2. The molecule has 0 aromatic heterocycles. The predicted octanol–water partition coefficient (Wildman–Crippen LogP) is 0.771. The molecule has 3 N–H and O–H groups in total. The second-order valence-corrected chi connectivity index (χ2v) is 7.06. The highest BCUT2D eigenvalue weighted by atomic mass is 16.2. The standard InChI is InChI=1S/C15H26N4O2/c1-11(20)19-7-5-15(10-16,6-8-19)18-13(21)12(17)9-14(2,3)4/h12H,5-9,17H2,1-4H3,(H,18,21). The second kappa shape index (κ2) is 6.44. The van der Waals surface area contributed by atoms with Crippen LogP contribution >= 0.6 is 0 Å². The van der Waals surface area contributed by atoms with Gasteiger partial charge in [0.05, 0.1) is 12.1 Å². The van der Waals surface area contributed by atoms with Crippen molar-refractivity contribution >= 4 is 11.8 Å². The van der Waals surface area contributed by atoms with E-state index in [0.717, 1.165) is 0 Å². The smallest absolute Gasteiger partial charge is 0.238 e. The molecule has 0 aliphatic carbocycles. The topological polar surface area (TPSA) is 99.2 Å². The summed E-state index contributed by atoms with van der Waals surface area (Å²) in [6.07, 6.45) is 1.44. The van der Waals surface area contributed by atoms with Crippen LogP contribution in [-0.2, 0) is 9.59 Å². The molecule has 1 rings (SSSR count). The number of carbonyl (C=O) groups excluding carboxylic acids is 2. The highest BCUT2D eigenvalue weighted by molar-refractivity contribution is 5.82. The van der Waals surface area contributed by atoms with Crippen LogP contribution in [0.5, 0.6) is 0 Å². The van der Waals surface area contributed by atoms with Gasteiger partial charge in [-0.3, -0.25) is 9.59 Å². The van der Waals surface area contributed by atoms with Crippen LogP contribution < -0.4 is 11.1 Å². The number of piperidine rings is 1. The first kappa shape index (κ1) is 17.4. The Morgan fingerprint density at radius 2 is 1.90 bits per heavy atom. The summed E-state index contributed by atoms with van der Waals surface area (Å²) in [4.78, 5) is 25.2. The van der Waals surface area contributed by atoms with Gasteiger partial charge in [0.1, 0.15) is 5.54 Å². The molecule has 0 spiro atoms. The zero-order valence-electron chi connectivity index (χ0n) is 13.4. The number of nitrogens with one attached hydrogen (secondary N) is 1. The summed E-state index contributed by atoms with van der Waals surface area (Å²) in [6.45, 7) is 8.54. The highest BCUT2D eigenvalue weighted by Gasteiger charge is 2.38. The molecular formula is C15H26N4O2. The van der Waals surface area contributed by atoms with Crippen molar-refractivity contribution in [3.8, 4) is 6.07 Å². The number of hydrogen-bond donors (Lipinski definition) is 2. The lowest BCUT2D eigenvalue weighted by Crippen LogP contribution is -2.58. The van der Waals surface area contributed by atoms with E-state index >= 15 is 0 Å². The molecule has 1 aliphatic heterocycles. The van der Waals surface area contributed by atoms with Gasteiger partial charge in [0.2, 0.25) is 11.8 Å². The Morgan fingerprint density at radius 1 is 1.38 bits per heavy atom. The molecule has 1 saturated heterocycles. The van der Waals surface area contributed by atoms with Crippen LogP contribution in [-0.4, -0.2) is 41.4 Å². The lowest BCUT2D eigenvalue weighted by molar-refractivity contribution is -0.130. The molecule has 1 heterocycles. The number of likely N-dealkylation sites (tertiary alicyclic amines) is 1. The summed E-state index contributed by atoms with van der Waals surface area (Å²) in [5.74, 6) is -0.292. The van der Waals surface area contributed by atoms with Crippen LogP contribution in [0.4, 0.5) is 0 Å². The van der Waals surface area contributed by atoms with Gasteiger partial charge in [-0.1, -0.05) is 20.8 Å². The van der Waals surface area contributed by atoms with E-state index in [1.54, 1.807) is 4.90 Å². The van der Waals surface area contributed by atoms with Crippen molar-refractivity contribution in [3.63, 3.8) is 0 Å². The van der Waals surface area contributed by atoms with Crippen LogP contribution in [0.2, 0.25) is 0 Å². The van der Waals surface area contributed by atoms with E-state index in [4.69, 9.17) is 5.73 Å².